The van der Waals surface area contributed by atoms with Crippen LogP contribution in [0.5, 0.6) is 0 Å². The van der Waals surface area contributed by atoms with Crippen molar-refractivity contribution in [2.75, 3.05) is 0 Å². The Kier molecular flexibility index (Phi) is 3.17. The number of hydrogen-bond acceptors (Lipinski definition) is 3. The largest absolute Gasteiger partial charge is 0.289 e. The van der Waals surface area contributed by atoms with Crippen molar-refractivity contribution in [3.8, 4) is 0 Å². The van der Waals surface area contributed by atoms with Gasteiger partial charge in [0, 0.05) is 36.8 Å². The van der Waals surface area contributed by atoms with Crippen LogP contribution in [-0.4, -0.2) is 20.9 Å². The third-order valence-electron chi connectivity index (χ3n) is 5.68. The van der Waals surface area contributed by atoms with E-state index < -0.39 is 0 Å². The lowest BCUT2D eigenvalue weighted by atomic mass is 9.97. The zero-order chi connectivity index (χ0) is 16.1. The Bertz CT molecular complexity index is 913. The van der Waals surface area contributed by atoms with Crippen LogP contribution in [0.25, 0.3) is 10.8 Å². The Morgan fingerprint density at radius 2 is 1.96 bits per heavy atom. The Morgan fingerprint density at radius 1 is 1.08 bits per heavy atom. The Hall–Kier alpha value is -2.26. The van der Waals surface area contributed by atoms with Crippen LogP contribution >= 0.6 is 0 Å². The van der Waals surface area contributed by atoms with Crippen molar-refractivity contribution in [2.45, 2.75) is 44.8 Å². The molecule has 3 aromatic rings. The standard InChI is InChI=1S/C21H21N3/c1-14-22-12-19-20(23-14)11-17-9-10-21(19)24(17)13-16-7-4-6-15-5-2-3-8-18(15)16/h2-8,12,17,21H,9-11,13H2,1H3. The fourth-order valence-electron chi connectivity index (χ4n) is 4.55. The molecule has 1 aromatic heterocycles. The average molecular weight is 315 g/mol. The van der Waals surface area contributed by atoms with Gasteiger partial charge in [0.2, 0.25) is 0 Å². The van der Waals surface area contributed by atoms with Gasteiger partial charge in [-0.25, -0.2) is 9.97 Å². The summed E-state index contributed by atoms with van der Waals surface area (Å²) < 4.78 is 0. The summed E-state index contributed by atoms with van der Waals surface area (Å²) in [6.45, 7) is 3.01. The first-order chi connectivity index (χ1) is 11.8. The van der Waals surface area contributed by atoms with Crippen LogP contribution in [0.4, 0.5) is 0 Å². The molecule has 2 aliphatic rings. The van der Waals surface area contributed by atoms with E-state index in [0.717, 1.165) is 18.8 Å². The van der Waals surface area contributed by atoms with Gasteiger partial charge in [-0.15, -0.1) is 0 Å². The van der Waals surface area contributed by atoms with Gasteiger partial charge in [0.1, 0.15) is 5.82 Å². The van der Waals surface area contributed by atoms with Gasteiger partial charge in [0.15, 0.2) is 0 Å². The first kappa shape index (κ1) is 14.1. The molecule has 0 saturated carbocycles. The molecule has 2 bridgehead atoms. The molecule has 0 amide bonds. The maximum Gasteiger partial charge on any atom is 0.125 e. The van der Waals surface area contributed by atoms with Crippen molar-refractivity contribution < 1.29 is 0 Å². The van der Waals surface area contributed by atoms with Gasteiger partial charge in [-0.1, -0.05) is 42.5 Å². The van der Waals surface area contributed by atoms with Gasteiger partial charge in [-0.3, -0.25) is 4.90 Å². The molecule has 3 heterocycles. The van der Waals surface area contributed by atoms with E-state index in [-0.39, 0.29) is 0 Å². The summed E-state index contributed by atoms with van der Waals surface area (Å²) in [5.41, 5.74) is 4.07. The summed E-state index contributed by atoms with van der Waals surface area (Å²) >= 11 is 0. The molecule has 0 spiro atoms. The molecule has 2 unspecified atom stereocenters. The van der Waals surface area contributed by atoms with E-state index in [1.807, 2.05) is 6.92 Å². The van der Waals surface area contributed by atoms with Gasteiger partial charge < -0.3 is 0 Å². The second-order valence-corrected chi connectivity index (χ2v) is 7.08. The Balaban J connectivity index is 1.53. The molecular formula is C21H21N3. The number of benzene rings is 2. The van der Waals surface area contributed by atoms with Crippen LogP contribution in [0, 0.1) is 6.92 Å². The molecule has 1 saturated heterocycles. The van der Waals surface area contributed by atoms with E-state index in [1.54, 1.807) is 0 Å². The summed E-state index contributed by atoms with van der Waals surface area (Å²) in [4.78, 5) is 11.9. The van der Waals surface area contributed by atoms with Gasteiger partial charge >= 0.3 is 0 Å². The molecule has 2 aromatic carbocycles. The van der Waals surface area contributed by atoms with Crippen LogP contribution in [0.2, 0.25) is 0 Å². The molecule has 0 N–H and O–H groups in total. The molecule has 2 aliphatic heterocycles. The Labute approximate surface area is 142 Å². The number of hydrogen-bond donors (Lipinski definition) is 0. The third kappa shape index (κ3) is 2.15. The molecule has 0 radical (unpaired) electrons. The summed E-state index contributed by atoms with van der Waals surface area (Å²) in [6.07, 6.45) is 5.64. The molecule has 120 valence electrons. The Morgan fingerprint density at radius 3 is 2.92 bits per heavy atom. The lowest BCUT2D eigenvalue weighted by molar-refractivity contribution is 0.166. The summed E-state index contributed by atoms with van der Waals surface area (Å²) in [6, 6.07) is 16.5. The van der Waals surface area contributed by atoms with E-state index in [9.17, 15) is 0 Å². The monoisotopic (exact) mass is 315 g/mol. The van der Waals surface area contributed by atoms with Crippen LogP contribution in [0.3, 0.4) is 0 Å². The number of aryl methyl sites for hydroxylation is 1. The topological polar surface area (TPSA) is 29.0 Å². The van der Waals surface area contributed by atoms with Crippen LogP contribution in [0.1, 0.15) is 41.5 Å². The highest BCUT2D eigenvalue weighted by molar-refractivity contribution is 5.85. The van der Waals surface area contributed by atoms with Gasteiger partial charge in [0.25, 0.3) is 0 Å². The van der Waals surface area contributed by atoms with Crippen molar-refractivity contribution >= 4 is 10.8 Å². The quantitative estimate of drug-likeness (QED) is 0.709. The first-order valence-electron chi connectivity index (χ1n) is 8.84. The van der Waals surface area contributed by atoms with Crippen LogP contribution in [-0.2, 0) is 13.0 Å². The van der Waals surface area contributed by atoms with Gasteiger partial charge in [-0.2, -0.15) is 0 Å². The molecule has 0 aliphatic carbocycles. The van der Waals surface area contributed by atoms with E-state index in [1.165, 1.54) is 40.4 Å². The lowest BCUT2D eigenvalue weighted by Gasteiger charge is -2.35. The normalized spacial score (nSPS) is 22.7. The third-order valence-corrected chi connectivity index (χ3v) is 5.68. The van der Waals surface area contributed by atoms with Crippen molar-refractivity contribution in [3.63, 3.8) is 0 Å². The minimum absolute atomic E-state index is 0.485. The smallest absolute Gasteiger partial charge is 0.125 e. The van der Waals surface area contributed by atoms with Crippen molar-refractivity contribution in [1.82, 2.24) is 14.9 Å². The lowest BCUT2D eigenvalue weighted by Crippen LogP contribution is -2.37. The average Bonchev–Trinajstić information content (AvgIpc) is 2.88. The molecule has 2 atom stereocenters. The number of rotatable bonds is 2. The second kappa shape index (κ2) is 5.38. The number of nitrogens with zero attached hydrogens (tertiary/aromatic N) is 3. The second-order valence-electron chi connectivity index (χ2n) is 7.08. The SMILES string of the molecule is Cc1ncc2c(n1)CC1CCC2N1Cc1cccc2ccccc12. The fraction of sp³-hybridized carbons (Fsp3) is 0.333. The van der Waals surface area contributed by atoms with Crippen molar-refractivity contribution in [2.24, 2.45) is 0 Å². The van der Waals surface area contributed by atoms with E-state index in [2.05, 4.69) is 58.5 Å². The summed E-state index contributed by atoms with van der Waals surface area (Å²) in [5.74, 6) is 0.899. The minimum atomic E-state index is 0.485. The van der Waals surface area contributed by atoms with Crippen molar-refractivity contribution in [1.29, 1.82) is 0 Å². The maximum absolute atomic E-state index is 4.71. The van der Waals surface area contributed by atoms with E-state index in [0.29, 0.717) is 12.1 Å². The predicted molar refractivity (Wildman–Crippen MR) is 95.7 cm³/mol. The molecule has 3 heteroatoms. The molecule has 3 nitrogen and oxygen atoms in total. The summed E-state index contributed by atoms with van der Waals surface area (Å²) in [7, 11) is 0. The molecular weight excluding hydrogens is 294 g/mol. The number of aromatic nitrogens is 2. The van der Waals surface area contributed by atoms with E-state index in [4.69, 9.17) is 4.98 Å². The summed E-state index contributed by atoms with van der Waals surface area (Å²) in [5, 5.41) is 2.71. The highest BCUT2D eigenvalue weighted by Crippen LogP contribution is 2.44. The fourth-order valence-corrected chi connectivity index (χ4v) is 4.55. The van der Waals surface area contributed by atoms with Crippen LogP contribution in [0.15, 0.2) is 48.7 Å². The molecule has 5 rings (SSSR count). The predicted octanol–water partition coefficient (Wildman–Crippen LogP) is 4.20. The first-order valence-corrected chi connectivity index (χ1v) is 8.84. The zero-order valence-electron chi connectivity index (χ0n) is 13.9. The van der Waals surface area contributed by atoms with Crippen LogP contribution < -0.4 is 0 Å². The molecule has 1 fully saturated rings. The highest BCUT2D eigenvalue weighted by Gasteiger charge is 2.40. The van der Waals surface area contributed by atoms with Gasteiger partial charge in [0.05, 0.1) is 5.69 Å². The highest BCUT2D eigenvalue weighted by atomic mass is 15.2. The zero-order valence-corrected chi connectivity index (χ0v) is 13.9. The molecule has 24 heavy (non-hydrogen) atoms. The maximum atomic E-state index is 4.71. The van der Waals surface area contributed by atoms with Crippen molar-refractivity contribution in [3.05, 3.63) is 71.3 Å². The minimum Gasteiger partial charge on any atom is -0.289 e. The number of fused-ring (bicyclic) bond motifs is 5. The van der Waals surface area contributed by atoms with E-state index >= 15 is 0 Å². The van der Waals surface area contributed by atoms with Gasteiger partial charge in [-0.05, 0) is 36.1 Å².